The van der Waals surface area contributed by atoms with E-state index in [0.717, 1.165) is 5.56 Å². The number of rotatable bonds is 5. The molecule has 0 aliphatic carbocycles. The molecule has 2 aliphatic heterocycles. The van der Waals surface area contributed by atoms with Gasteiger partial charge < -0.3 is 19.7 Å². The summed E-state index contributed by atoms with van der Waals surface area (Å²) in [4.78, 5) is 31.6. The highest BCUT2D eigenvalue weighted by Gasteiger charge is 2.32. The molecule has 1 N–H and O–H groups in total. The average molecular weight is 474 g/mol. The van der Waals surface area contributed by atoms with Crippen LogP contribution in [0.5, 0.6) is 5.75 Å². The number of likely N-dealkylation sites (N-methyl/N-ethyl adjacent to an activating group) is 1. The van der Waals surface area contributed by atoms with E-state index < -0.39 is 23.7 Å². The van der Waals surface area contributed by atoms with Crippen LogP contribution in [-0.4, -0.2) is 56.2 Å². The van der Waals surface area contributed by atoms with Crippen LogP contribution >= 0.6 is 0 Å². The summed E-state index contributed by atoms with van der Waals surface area (Å²) in [7, 11) is 3.23. The molecule has 9 nitrogen and oxygen atoms in total. The van der Waals surface area contributed by atoms with Crippen molar-refractivity contribution >= 4 is 23.3 Å². The van der Waals surface area contributed by atoms with Crippen LogP contribution < -0.4 is 15.0 Å². The minimum absolute atomic E-state index is 0.0263. The van der Waals surface area contributed by atoms with Gasteiger partial charge in [-0.25, -0.2) is 4.99 Å². The van der Waals surface area contributed by atoms with E-state index in [-0.39, 0.29) is 18.3 Å². The van der Waals surface area contributed by atoms with Crippen LogP contribution in [0.25, 0.3) is 0 Å². The molecule has 2 aliphatic rings. The number of hydrogen-bond donors (Lipinski definition) is 1. The highest BCUT2D eigenvalue weighted by Crippen LogP contribution is 2.31. The lowest BCUT2D eigenvalue weighted by Crippen LogP contribution is -2.50. The van der Waals surface area contributed by atoms with Gasteiger partial charge in [0.05, 0.1) is 5.69 Å². The zero-order valence-electron chi connectivity index (χ0n) is 20.1. The first-order chi connectivity index (χ1) is 16.8. The lowest BCUT2D eigenvalue weighted by molar-refractivity contribution is -0.124. The van der Waals surface area contributed by atoms with Crippen LogP contribution in [0.1, 0.15) is 25.0 Å². The van der Waals surface area contributed by atoms with E-state index in [4.69, 9.17) is 9.47 Å². The maximum atomic E-state index is 13.1. The Labute approximate surface area is 204 Å². The molecule has 4 rings (SSSR count). The third-order valence-corrected chi connectivity index (χ3v) is 5.70. The Morgan fingerprint density at radius 2 is 2.03 bits per heavy atom. The van der Waals surface area contributed by atoms with Crippen LogP contribution in [0.3, 0.4) is 0 Å². The first-order valence-electron chi connectivity index (χ1n) is 11.2. The van der Waals surface area contributed by atoms with Crippen LogP contribution in [0.15, 0.2) is 63.8 Å². The summed E-state index contributed by atoms with van der Waals surface area (Å²) in [6, 6.07) is 14.2. The number of amidine groups is 1. The maximum Gasteiger partial charge on any atom is 0.291 e. The normalized spacial score (nSPS) is 19.1. The molecule has 0 saturated carbocycles. The lowest BCUT2D eigenvalue weighted by atomic mass is 10.1. The SMILES string of the molecule is COC(C)(C)C#Cc1ccc2c(c1)N(C)C(=O)[C@@H](NC(=O)C1=NC(Cc3ccccc3)N=N1)CO2. The van der Waals surface area contributed by atoms with Crippen molar-refractivity contribution in [2.24, 2.45) is 15.2 Å². The predicted molar refractivity (Wildman–Crippen MR) is 131 cm³/mol. The molecule has 0 fully saturated rings. The van der Waals surface area contributed by atoms with E-state index in [9.17, 15) is 9.59 Å². The Morgan fingerprint density at radius 3 is 2.77 bits per heavy atom. The standard InChI is InChI=1S/C26H27N5O4/c1-26(2,34-4)13-12-18-10-11-21-20(14-18)31(3)25(33)19(16-35-21)27-24(32)23-28-22(29-30-23)15-17-8-6-5-7-9-17/h5-11,14,19,22H,15-16H2,1-4H3,(H,27,32)/t19-,22?/m0/s1. The second kappa shape index (κ2) is 10.1. The summed E-state index contributed by atoms with van der Waals surface area (Å²) in [5.41, 5.74) is 1.73. The second-order valence-electron chi connectivity index (χ2n) is 8.72. The Hall–Kier alpha value is -4.03. The molecule has 9 heteroatoms. The summed E-state index contributed by atoms with van der Waals surface area (Å²) in [6.07, 6.45) is 0.0750. The third-order valence-electron chi connectivity index (χ3n) is 5.70. The molecule has 2 amide bonds. The number of fused-ring (bicyclic) bond motifs is 1. The van der Waals surface area contributed by atoms with Gasteiger partial charge in [0.1, 0.15) is 24.0 Å². The highest BCUT2D eigenvalue weighted by atomic mass is 16.5. The number of carbonyl (C=O) groups is 2. The second-order valence-corrected chi connectivity index (χ2v) is 8.72. The summed E-state index contributed by atoms with van der Waals surface area (Å²) in [6.45, 7) is 3.71. The molecule has 2 heterocycles. The Kier molecular flexibility index (Phi) is 6.94. The van der Waals surface area contributed by atoms with Crippen LogP contribution in [0, 0.1) is 11.8 Å². The van der Waals surface area contributed by atoms with Gasteiger partial charge in [-0.2, -0.15) is 5.11 Å². The Bertz CT molecular complexity index is 1240. The van der Waals surface area contributed by atoms with Gasteiger partial charge in [-0.15, -0.1) is 5.11 Å². The number of hydrogen-bond acceptors (Lipinski definition) is 7. The maximum absolute atomic E-state index is 13.1. The van der Waals surface area contributed by atoms with Gasteiger partial charge in [-0.3, -0.25) is 9.59 Å². The van der Waals surface area contributed by atoms with Crippen molar-refractivity contribution in [3.63, 3.8) is 0 Å². The molecule has 2 aromatic carbocycles. The molecule has 2 aromatic rings. The zero-order chi connectivity index (χ0) is 25.0. The topological polar surface area (TPSA) is 105 Å². The first-order valence-corrected chi connectivity index (χ1v) is 11.2. The van der Waals surface area contributed by atoms with Crippen LogP contribution in [-0.2, 0) is 20.7 Å². The molecular weight excluding hydrogens is 446 g/mol. The van der Waals surface area contributed by atoms with Gasteiger partial charge in [0.15, 0.2) is 6.17 Å². The van der Waals surface area contributed by atoms with E-state index in [1.807, 2.05) is 50.2 Å². The van der Waals surface area contributed by atoms with Crippen molar-refractivity contribution in [2.45, 2.75) is 38.1 Å². The van der Waals surface area contributed by atoms with E-state index in [0.29, 0.717) is 23.4 Å². The molecule has 180 valence electrons. The van der Waals surface area contributed by atoms with Crippen molar-refractivity contribution < 1.29 is 19.1 Å². The molecule has 1 unspecified atom stereocenters. The predicted octanol–water partition coefficient (Wildman–Crippen LogP) is 2.74. The number of carbonyl (C=O) groups excluding carboxylic acids is 2. The minimum Gasteiger partial charge on any atom is -0.489 e. The number of anilines is 1. The number of methoxy groups -OCH3 is 1. The van der Waals surface area contributed by atoms with Gasteiger partial charge in [-0.1, -0.05) is 42.2 Å². The molecule has 2 atom stereocenters. The molecule has 35 heavy (non-hydrogen) atoms. The number of benzene rings is 2. The fourth-order valence-corrected chi connectivity index (χ4v) is 3.51. The summed E-state index contributed by atoms with van der Waals surface area (Å²) >= 11 is 0. The van der Waals surface area contributed by atoms with Crippen LogP contribution in [0.4, 0.5) is 5.69 Å². The van der Waals surface area contributed by atoms with Gasteiger partial charge in [0.2, 0.25) is 5.84 Å². The quantitative estimate of drug-likeness (QED) is 0.674. The first kappa shape index (κ1) is 24.1. The van der Waals surface area contributed by atoms with Gasteiger partial charge in [0.25, 0.3) is 11.8 Å². The van der Waals surface area contributed by atoms with Crippen molar-refractivity contribution in [3.8, 4) is 17.6 Å². The molecule has 0 radical (unpaired) electrons. The molecule has 0 bridgehead atoms. The van der Waals surface area contributed by atoms with Crippen molar-refractivity contribution in [3.05, 3.63) is 59.7 Å². The van der Waals surface area contributed by atoms with E-state index >= 15 is 0 Å². The van der Waals surface area contributed by atoms with Gasteiger partial charge in [0, 0.05) is 26.1 Å². The minimum atomic E-state index is -0.909. The Morgan fingerprint density at radius 1 is 1.26 bits per heavy atom. The molecule has 0 aromatic heterocycles. The van der Waals surface area contributed by atoms with Crippen molar-refractivity contribution in [1.29, 1.82) is 0 Å². The summed E-state index contributed by atoms with van der Waals surface area (Å²) in [5.74, 6) is 5.69. The van der Waals surface area contributed by atoms with Gasteiger partial charge >= 0.3 is 0 Å². The van der Waals surface area contributed by atoms with E-state index in [2.05, 4.69) is 32.4 Å². The summed E-state index contributed by atoms with van der Waals surface area (Å²) < 4.78 is 11.2. The molecule has 0 saturated heterocycles. The monoisotopic (exact) mass is 473 g/mol. The van der Waals surface area contributed by atoms with Gasteiger partial charge in [-0.05, 0) is 37.6 Å². The smallest absolute Gasteiger partial charge is 0.291 e. The van der Waals surface area contributed by atoms with E-state index in [1.165, 1.54) is 4.90 Å². The van der Waals surface area contributed by atoms with Crippen LogP contribution in [0.2, 0.25) is 0 Å². The van der Waals surface area contributed by atoms with Crippen molar-refractivity contribution in [1.82, 2.24) is 5.32 Å². The highest BCUT2D eigenvalue weighted by molar-refractivity contribution is 6.38. The molecular formula is C26H27N5O4. The summed E-state index contributed by atoms with van der Waals surface area (Å²) in [5, 5.41) is 10.7. The Balaban J connectivity index is 1.44. The van der Waals surface area contributed by atoms with Crippen molar-refractivity contribution in [2.75, 3.05) is 25.7 Å². The fourth-order valence-electron chi connectivity index (χ4n) is 3.51. The number of aliphatic imine (C=N–C) groups is 1. The number of azo groups is 1. The average Bonchev–Trinajstić information content (AvgIpc) is 3.29. The number of nitrogens with one attached hydrogen (secondary N) is 1. The third kappa shape index (κ3) is 5.73. The lowest BCUT2D eigenvalue weighted by Gasteiger charge is -2.20. The van der Waals surface area contributed by atoms with E-state index in [1.54, 1.807) is 26.3 Å². The largest absolute Gasteiger partial charge is 0.489 e. The number of nitrogens with zero attached hydrogens (tertiary/aromatic N) is 4. The molecule has 0 spiro atoms. The fraction of sp³-hybridized carbons (Fsp3) is 0.346. The number of amides is 2. The number of ether oxygens (including phenoxy) is 2. The zero-order valence-corrected chi connectivity index (χ0v) is 20.1.